The second-order valence-electron chi connectivity index (χ2n) is 5.92. The molecule has 1 unspecified atom stereocenters. The molecular formula is C17H26N2O3. The van der Waals surface area contributed by atoms with Crippen LogP contribution in [0.1, 0.15) is 12.0 Å². The Morgan fingerprint density at radius 1 is 1.32 bits per heavy atom. The van der Waals surface area contributed by atoms with Crippen molar-refractivity contribution >= 4 is 0 Å². The van der Waals surface area contributed by atoms with Crippen LogP contribution in [0.4, 0.5) is 0 Å². The fourth-order valence-electron chi connectivity index (χ4n) is 3.12. The first-order valence-electron chi connectivity index (χ1n) is 8.19. The van der Waals surface area contributed by atoms with E-state index in [0.717, 1.165) is 57.3 Å². The quantitative estimate of drug-likeness (QED) is 0.803. The van der Waals surface area contributed by atoms with E-state index < -0.39 is 0 Å². The lowest BCUT2D eigenvalue weighted by molar-refractivity contribution is 0.0373. The van der Waals surface area contributed by atoms with E-state index in [9.17, 15) is 0 Å². The van der Waals surface area contributed by atoms with Crippen molar-refractivity contribution in [2.75, 3.05) is 53.1 Å². The van der Waals surface area contributed by atoms with Gasteiger partial charge in [0, 0.05) is 19.1 Å². The molecule has 0 aliphatic carbocycles. The summed E-state index contributed by atoms with van der Waals surface area (Å²) in [7, 11) is 1.69. The number of hydrogen-bond donors (Lipinski definition) is 1. The molecule has 1 saturated heterocycles. The predicted molar refractivity (Wildman–Crippen MR) is 85.9 cm³/mol. The Hall–Kier alpha value is -1.30. The van der Waals surface area contributed by atoms with Crippen LogP contribution in [-0.2, 0) is 11.2 Å². The molecule has 5 heteroatoms. The molecule has 0 bridgehead atoms. The van der Waals surface area contributed by atoms with Gasteiger partial charge in [-0.15, -0.1) is 0 Å². The number of nitrogens with zero attached hydrogens (tertiary/aromatic N) is 1. The highest BCUT2D eigenvalue weighted by Gasteiger charge is 2.22. The highest BCUT2D eigenvalue weighted by molar-refractivity contribution is 5.48. The lowest BCUT2D eigenvalue weighted by atomic mass is 10.0. The Morgan fingerprint density at radius 2 is 2.18 bits per heavy atom. The number of morpholine rings is 1. The van der Waals surface area contributed by atoms with E-state index in [2.05, 4.69) is 16.3 Å². The minimum Gasteiger partial charge on any atom is -0.493 e. The van der Waals surface area contributed by atoms with Crippen molar-refractivity contribution in [1.82, 2.24) is 10.2 Å². The van der Waals surface area contributed by atoms with Crippen LogP contribution < -0.4 is 14.8 Å². The summed E-state index contributed by atoms with van der Waals surface area (Å²) < 4.78 is 16.6. The Morgan fingerprint density at radius 3 is 3.00 bits per heavy atom. The van der Waals surface area contributed by atoms with Gasteiger partial charge >= 0.3 is 0 Å². The molecule has 1 aromatic rings. The summed E-state index contributed by atoms with van der Waals surface area (Å²) in [6.07, 6.45) is 2.17. The van der Waals surface area contributed by atoms with Crippen LogP contribution in [-0.4, -0.2) is 64.1 Å². The maximum Gasteiger partial charge on any atom is 0.164 e. The molecular weight excluding hydrogens is 280 g/mol. The second kappa shape index (κ2) is 7.81. The number of benzene rings is 1. The van der Waals surface area contributed by atoms with Crippen molar-refractivity contribution in [2.45, 2.75) is 18.9 Å². The zero-order chi connectivity index (χ0) is 15.2. The minimum atomic E-state index is 0.393. The third kappa shape index (κ3) is 3.91. The molecule has 2 aliphatic rings. The largest absolute Gasteiger partial charge is 0.493 e. The van der Waals surface area contributed by atoms with E-state index in [1.165, 1.54) is 12.0 Å². The number of rotatable bonds is 6. The van der Waals surface area contributed by atoms with Crippen molar-refractivity contribution < 1.29 is 14.2 Å². The third-order valence-electron chi connectivity index (χ3n) is 4.36. The van der Waals surface area contributed by atoms with Gasteiger partial charge in [-0.3, -0.25) is 4.90 Å². The average molecular weight is 306 g/mol. The van der Waals surface area contributed by atoms with Crippen LogP contribution in [0.25, 0.3) is 0 Å². The van der Waals surface area contributed by atoms with Crippen molar-refractivity contribution in [2.24, 2.45) is 0 Å². The zero-order valence-electron chi connectivity index (χ0n) is 13.3. The molecule has 1 N–H and O–H groups in total. The molecule has 122 valence electrons. The molecule has 0 spiro atoms. The van der Waals surface area contributed by atoms with Crippen LogP contribution in [0.2, 0.25) is 0 Å². The van der Waals surface area contributed by atoms with E-state index >= 15 is 0 Å². The van der Waals surface area contributed by atoms with Gasteiger partial charge in [0.1, 0.15) is 6.61 Å². The minimum absolute atomic E-state index is 0.393. The van der Waals surface area contributed by atoms with Crippen LogP contribution >= 0.6 is 0 Å². The molecule has 0 radical (unpaired) electrons. The molecule has 0 amide bonds. The molecule has 2 aliphatic heterocycles. The monoisotopic (exact) mass is 306 g/mol. The highest BCUT2D eigenvalue weighted by atomic mass is 16.5. The summed E-state index contributed by atoms with van der Waals surface area (Å²) in [5.74, 6) is 1.75. The Balaban J connectivity index is 1.41. The summed E-state index contributed by atoms with van der Waals surface area (Å²) in [6, 6.07) is 6.50. The normalized spacial score (nSPS) is 22.0. The van der Waals surface area contributed by atoms with Crippen LogP contribution in [0, 0.1) is 0 Å². The number of nitrogens with one attached hydrogen (secondary N) is 1. The van der Waals surface area contributed by atoms with Gasteiger partial charge < -0.3 is 19.5 Å². The smallest absolute Gasteiger partial charge is 0.164 e. The molecule has 0 saturated carbocycles. The Labute approximate surface area is 132 Å². The number of methoxy groups -OCH3 is 1. The van der Waals surface area contributed by atoms with Crippen molar-refractivity contribution in [3.63, 3.8) is 0 Å². The van der Waals surface area contributed by atoms with Crippen molar-refractivity contribution in [3.05, 3.63) is 23.8 Å². The van der Waals surface area contributed by atoms with Gasteiger partial charge in [0.15, 0.2) is 11.5 Å². The summed E-state index contributed by atoms with van der Waals surface area (Å²) in [4.78, 5) is 2.47. The van der Waals surface area contributed by atoms with E-state index in [1.807, 2.05) is 12.1 Å². The fraction of sp³-hybridized carbons (Fsp3) is 0.647. The topological polar surface area (TPSA) is 43.0 Å². The van der Waals surface area contributed by atoms with E-state index in [-0.39, 0.29) is 0 Å². The van der Waals surface area contributed by atoms with Crippen LogP contribution in [0.15, 0.2) is 18.2 Å². The maximum absolute atomic E-state index is 5.89. The number of hydrogen-bond acceptors (Lipinski definition) is 5. The maximum atomic E-state index is 5.89. The average Bonchev–Trinajstić information content (AvgIpc) is 2.59. The third-order valence-corrected chi connectivity index (χ3v) is 4.36. The van der Waals surface area contributed by atoms with Gasteiger partial charge in [0.25, 0.3) is 0 Å². The molecule has 2 heterocycles. The lowest BCUT2D eigenvalue weighted by Gasteiger charge is -2.29. The predicted octanol–water partition coefficient (Wildman–Crippen LogP) is 1.31. The molecule has 3 rings (SSSR count). The highest BCUT2D eigenvalue weighted by Crippen LogP contribution is 2.34. The van der Waals surface area contributed by atoms with Crippen LogP contribution in [0.5, 0.6) is 11.5 Å². The first-order chi connectivity index (χ1) is 10.9. The van der Waals surface area contributed by atoms with Gasteiger partial charge in [-0.2, -0.15) is 0 Å². The van der Waals surface area contributed by atoms with Crippen LogP contribution in [0.3, 0.4) is 0 Å². The first-order valence-corrected chi connectivity index (χ1v) is 8.19. The first kappa shape index (κ1) is 15.6. The second-order valence-corrected chi connectivity index (χ2v) is 5.92. The number of para-hydroxylation sites is 1. The number of ether oxygens (including phenoxy) is 3. The van der Waals surface area contributed by atoms with Gasteiger partial charge in [-0.05, 0) is 37.6 Å². The Bertz CT molecular complexity index is 475. The molecule has 1 fully saturated rings. The van der Waals surface area contributed by atoms with E-state index in [1.54, 1.807) is 7.11 Å². The lowest BCUT2D eigenvalue weighted by Crippen LogP contribution is -2.41. The number of fused-ring (bicyclic) bond motifs is 1. The van der Waals surface area contributed by atoms with Gasteiger partial charge in [0.05, 0.1) is 20.3 Å². The van der Waals surface area contributed by atoms with Crippen molar-refractivity contribution in [1.29, 1.82) is 0 Å². The van der Waals surface area contributed by atoms with E-state index in [4.69, 9.17) is 14.2 Å². The summed E-state index contributed by atoms with van der Waals surface area (Å²) in [5.41, 5.74) is 1.23. The summed E-state index contributed by atoms with van der Waals surface area (Å²) in [6.45, 7) is 6.79. The van der Waals surface area contributed by atoms with Crippen molar-refractivity contribution in [3.8, 4) is 11.5 Å². The SMILES string of the molecule is COc1cccc2c1OCC(NCCCN1CCOCC1)C2. The molecule has 1 aromatic carbocycles. The zero-order valence-corrected chi connectivity index (χ0v) is 13.3. The summed E-state index contributed by atoms with van der Waals surface area (Å²) >= 11 is 0. The van der Waals surface area contributed by atoms with E-state index in [0.29, 0.717) is 12.6 Å². The summed E-state index contributed by atoms with van der Waals surface area (Å²) in [5, 5.41) is 3.62. The molecule has 22 heavy (non-hydrogen) atoms. The Kier molecular flexibility index (Phi) is 5.53. The van der Waals surface area contributed by atoms with Gasteiger partial charge in [0.2, 0.25) is 0 Å². The molecule has 1 atom stereocenters. The van der Waals surface area contributed by atoms with Gasteiger partial charge in [-0.25, -0.2) is 0 Å². The fourth-order valence-corrected chi connectivity index (χ4v) is 3.12. The molecule has 5 nitrogen and oxygen atoms in total. The van der Waals surface area contributed by atoms with Gasteiger partial charge in [-0.1, -0.05) is 12.1 Å². The molecule has 0 aromatic heterocycles. The standard InChI is InChI=1S/C17H26N2O3/c1-20-16-5-2-4-14-12-15(13-22-17(14)16)18-6-3-7-19-8-10-21-11-9-19/h2,4-5,15,18H,3,6-13H2,1H3.